The fourth-order valence-electron chi connectivity index (χ4n) is 1.89. The quantitative estimate of drug-likeness (QED) is 0.786. The molecule has 1 aromatic rings. The highest BCUT2D eigenvalue weighted by atomic mass is 79.9. The number of halogens is 1. The van der Waals surface area contributed by atoms with Crippen molar-refractivity contribution >= 4 is 21.6 Å². The molecular formula is C14H24BrN3. The Labute approximate surface area is 119 Å². The molecule has 1 aromatic carbocycles. The van der Waals surface area contributed by atoms with Gasteiger partial charge in [0.15, 0.2) is 0 Å². The van der Waals surface area contributed by atoms with Crippen molar-refractivity contribution in [3.63, 3.8) is 0 Å². The maximum absolute atomic E-state index is 5.76. The van der Waals surface area contributed by atoms with E-state index in [2.05, 4.69) is 52.8 Å². The largest absolute Gasteiger partial charge is 0.399 e. The molecule has 0 aliphatic carbocycles. The van der Waals surface area contributed by atoms with Crippen LogP contribution < -0.4 is 5.73 Å². The maximum atomic E-state index is 5.76. The second kappa shape index (κ2) is 7.77. The van der Waals surface area contributed by atoms with Crippen LogP contribution in [0.3, 0.4) is 0 Å². The van der Waals surface area contributed by atoms with Crippen LogP contribution in [0.1, 0.15) is 18.9 Å². The topological polar surface area (TPSA) is 32.5 Å². The number of nitrogens with zero attached hydrogens (tertiary/aromatic N) is 2. The van der Waals surface area contributed by atoms with Gasteiger partial charge in [-0.05, 0) is 57.8 Å². The molecule has 102 valence electrons. The van der Waals surface area contributed by atoms with Gasteiger partial charge in [0.1, 0.15) is 0 Å². The molecule has 0 aliphatic rings. The molecule has 4 heteroatoms. The maximum Gasteiger partial charge on any atom is 0.0325 e. The predicted molar refractivity (Wildman–Crippen MR) is 82.7 cm³/mol. The molecule has 0 saturated carbocycles. The first-order valence-electron chi connectivity index (χ1n) is 6.44. The molecule has 0 unspecified atom stereocenters. The number of nitrogens with two attached hydrogens (primary N) is 1. The molecule has 0 spiro atoms. The zero-order valence-electron chi connectivity index (χ0n) is 11.6. The van der Waals surface area contributed by atoms with E-state index >= 15 is 0 Å². The highest BCUT2D eigenvalue weighted by Crippen LogP contribution is 2.21. The van der Waals surface area contributed by atoms with Gasteiger partial charge < -0.3 is 10.6 Å². The summed E-state index contributed by atoms with van der Waals surface area (Å²) in [6, 6.07) is 6.05. The van der Waals surface area contributed by atoms with Crippen LogP contribution in [-0.4, -0.2) is 43.5 Å². The SMILES string of the molecule is CCN(CCCN(C)C)Cc1ccc(N)cc1Br. The van der Waals surface area contributed by atoms with Crippen LogP contribution in [0.2, 0.25) is 0 Å². The van der Waals surface area contributed by atoms with E-state index in [1.165, 1.54) is 12.0 Å². The molecule has 18 heavy (non-hydrogen) atoms. The van der Waals surface area contributed by atoms with Gasteiger partial charge >= 0.3 is 0 Å². The van der Waals surface area contributed by atoms with Gasteiger partial charge in [0, 0.05) is 16.7 Å². The summed E-state index contributed by atoms with van der Waals surface area (Å²) in [5, 5.41) is 0. The number of anilines is 1. The van der Waals surface area contributed by atoms with Crippen LogP contribution in [0.5, 0.6) is 0 Å². The molecule has 0 fully saturated rings. The molecule has 0 radical (unpaired) electrons. The normalized spacial score (nSPS) is 11.4. The van der Waals surface area contributed by atoms with Crippen molar-refractivity contribution in [3.8, 4) is 0 Å². The van der Waals surface area contributed by atoms with Gasteiger partial charge in [-0.1, -0.05) is 28.9 Å². The van der Waals surface area contributed by atoms with Crippen LogP contribution in [-0.2, 0) is 6.54 Å². The van der Waals surface area contributed by atoms with Crippen molar-refractivity contribution in [2.45, 2.75) is 19.9 Å². The van der Waals surface area contributed by atoms with Crippen LogP contribution >= 0.6 is 15.9 Å². The van der Waals surface area contributed by atoms with Crippen molar-refractivity contribution in [2.75, 3.05) is 39.5 Å². The Morgan fingerprint density at radius 3 is 2.50 bits per heavy atom. The summed E-state index contributed by atoms with van der Waals surface area (Å²) in [6.07, 6.45) is 1.20. The highest BCUT2D eigenvalue weighted by molar-refractivity contribution is 9.10. The fourth-order valence-corrected chi connectivity index (χ4v) is 2.41. The monoisotopic (exact) mass is 313 g/mol. The molecule has 2 N–H and O–H groups in total. The number of nitrogen functional groups attached to an aromatic ring is 1. The Morgan fingerprint density at radius 2 is 1.94 bits per heavy atom. The first kappa shape index (κ1) is 15.5. The van der Waals surface area contributed by atoms with Crippen molar-refractivity contribution in [1.29, 1.82) is 0 Å². The number of benzene rings is 1. The van der Waals surface area contributed by atoms with Crippen molar-refractivity contribution < 1.29 is 0 Å². The lowest BCUT2D eigenvalue weighted by atomic mass is 10.2. The first-order valence-corrected chi connectivity index (χ1v) is 7.23. The van der Waals surface area contributed by atoms with Crippen LogP contribution in [0, 0.1) is 0 Å². The Balaban J connectivity index is 2.51. The molecule has 0 saturated heterocycles. The molecule has 3 nitrogen and oxygen atoms in total. The molecule has 0 atom stereocenters. The summed E-state index contributed by atoms with van der Waals surface area (Å²) in [4.78, 5) is 4.69. The van der Waals surface area contributed by atoms with Crippen LogP contribution in [0.4, 0.5) is 5.69 Å². The van der Waals surface area contributed by atoms with Gasteiger partial charge in [0.2, 0.25) is 0 Å². The third-order valence-electron chi connectivity index (χ3n) is 3.00. The van der Waals surface area contributed by atoms with E-state index in [0.717, 1.165) is 36.3 Å². The van der Waals surface area contributed by atoms with Crippen molar-refractivity contribution in [2.24, 2.45) is 0 Å². The minimum Gasteiger partial charge on any atom is -0.399 e. The Hall–Kier alpha value is -0.580. The molecule has 1 rings (SSSR count). The van der Waals surface area contributed by atoms with Crippen LogP contribution in [0.15, 0.2) is 22.7 Å². The van der Waals surface area contributed by atoms with E-state index in [-0.39, 0.29) is 0 Å². The average molecular weight is 314 g/mol. The Morgan fingerprint density at radius 1 is 1.22 bits per heavy atom. The Bertz CT molecular complexity index is 366. The lowest BCUT2D eigenvalue weighted by molar-refractivity contribution is 0.259. The smallest absolute Gasteiger partial charge is 0.0325 e. The summed E-state index contributed by atoms with van der Waals surface area (Å²) < 4.78 is 1.11. The van der Waals surface area contributed by atoms with Gasteiger partial charge in [0.25, 0.3) is 0 Å². The summed E-state index contributed by atoms with van der Waals surface area (Å²) in [6.45, 7) is 6.53. The minimum absolute atomic E-state index is 0.807. The number of rotatable bonds is 7. The molecule has 0 amide bonds. The van der Waals surface area contributed by atoms with Gasteiger partial charge in [0.05, 0.1) is 0 Å². The summed E-state index contributed by atoms with van der Waals surface area (Å²) in [5.41, 5.74) is 7.86. The minimum atomic E-state index is 0.807. The van der Waals surface area contributed by atoms with Gasteiger partial charge in [-0.15, -0.1) is 0 Å². The zero-order valence-corrected chi connectivity index (χ0v) is 13.2. The van der Waals surface area contributed by atoms with E-state index < -0.39 is 0 Å². The van der Waals surface area contributed by atoms with Gasteiger partial charge in [-0.25, -0.2) is 0 Å². The Kier molecular flexibility index (Phi) is 6.68. The number of hydrogen-bond donors (Lipinski definition) is 1. The molecule has 0 bridgehead atoms. The van der Waals surface area contributed by atoms with Crippen molar-refractivity contribution in [1.82, 2.24) is 9.80 Å². The average Bonchev–Trinajstić information content (AvgIpc) is 2.30. The fraction of sp³-hybridized carbons (Fsp3) is 0.571. The summed E-state index contributed by atoms with van der Waals surface area (Å²) in [7, 11) is 4.24. The van der Waals surface area contributed by atoms with Crippen LogP contribution in [0.25, 0.3) is 0 Å². The summed E-state index contributed by atoms with van der Waals surface area (Å²) >= 11 is 3.58. The standard InChI is InChI=1S/C14H24BrN3/c1-4-18(9-5-8-17(2)3)11-12-6-7-13(16)10-14(12)15/h6-7,10H,4-5,8-9,11,16H2,1-3H3. The van der Waals surface area contributed by atoms with E-state index in [4.69, 9.17) is 5.73 Å². The predicted octanol–water partition coefficient (Wildman–Crippen LogP) is 2.80. The first-order chi connectivity index (χ1) is 8.52. The second-order valence-corrected chi connectivity index (χ2v) is 5.73. The van der Waals surface area contributed by atoms with E-state index in [1.807, 2.05) is 12.1 Å². The summed E-state index contributed by atoms with van der Waals surface area (Å²) in [5.74, 6) is 0. The van der Waals surface area contributed by atoms with E-state index in [1.54, 1.807) is 0 Å². The van der Waals surface area contributed by atoms with E-state index in [0.29, 0.717) is 0 Å². The third kappa shape index (κ3) is 5.38. The van der Waals surface area contributed by atoms with Crippen molar-refractivity contribution in [3.05, 3.63) is 28.2 Å². The third-order valence-corrected chi connectivity index (χ3v) is 3.74. The molecule has 0 aromatic heterocycles. The lowest BCUT2D eigenvalue weighted by Crippen LogP contribution is -2.27. The lowest BCUT2D eigenvalue weighted by Gasteiger charge is -2.22. The molecule has 0 heterocycles. The second-order valence-electron chi connectivity index (χ2n) is 4.88. The van der Waals surface area contributed by atoms with Gasteiger partial charge in [-0.2, -0.15) is 0 Å². The molecule has 0 aliphatic heterocycles. The highest BCUT2D eigenvalue weighted by Gasteiger charge is 2.07. The molecular weight excluding hydrogens is 290 g/mol. The van der Waals surface area contributed by atoms with E-state index in [9.17, 15) is 0 Å². The number of hydrogen-bond acceptors (Lipinski definition) is 3. The van der Waals surface area contributed by atoms with Gasteiger partial charge in [-0.3, -0.25) is 4.90 Å². The zero-order chi connectivity index (χ0) is 13.5.